The van der Waals surface area contributed by atoms with Crippen molar-refractivity contribution in [1.29, 1.82) is 0 Å². The molecule has 3 heterocycles. The molecule has 3 aromatic heterocycles. The standard InChI is InChI=1S/C26H18ClF2N5O2/c1-14-12-15-8-10-32-25(22(15)26(35)34(14)18-5-2-16(28)3-6-18)33-17-4-7-20(19(29)13-17)36-21-9-11-31-24(30)23(21)27/h2-13H,1H3,(H2,30,31)(H,32,33). The lowest BCUT2D eigenvalue weighted by molar-refractivity contribution is 0.442. The fourth-order valence-electron chi connectivity index (χ4n) is 3.83. The number of hydrogen-bond donors (Lipinski definition) is 2. The SMILES string of the molecule is Cc1cc2ccnc(Nc3ccc(Oc4ccnc(N)c4Cl)c(F)c3)c2c(=O)n1-c1ccc(F)cc1. The highest BCUT2D eigenvalue weighted by molar-refractivity contribution is 6.34. The number of aromatic nitrogens is 3. The first kappa shape index (κ1) is 23.3. The summed E-state index contributed by atoms with van der Waals surface area (Å²) in [4.78, 5) is 21.6. The topological polar surface area (TPSA) is 95.1 Å². The molecule has 7 nitrogen and oxygen atoms in total. The minimum absolute atomic E-state index is 0.0661. The summed E-state index contributed by atoms with van der Waals surface area (Å²) in [5.41, 5.74) is 6.84. The van der Waals surface area contributed by atoms with E-state index in [1.165, 1.54) is 53.2 Å². The molecule has 0 amide bonds. The Morgan fingerprint density at radius 1 is 0.972 bits per heavy atom. The second kappa shape index (κ2) is 9.27. The molecule has 0 unspecified atom stereocenters. The molecule has 0 radical (unpaired) electrons. The fourth-order valence-corrected chi connectivity index (χ4v) is 3.98. The molecule has 3 N–H and O–H groups in total. The first-order valence-corrected chi connectivity index (χ1v) is 11.1. The van der Waals surface area contributed by atoms with Gasteiger partial charge in [-0.2, -0.15) is 0 Å². The van der Waals surface area contributed by atoms with Crippen LogP contribution in [0.3, 0.4) is 0 Å². The van der Waals surface area contributed by atoms with Gasteiger partial charge in [-0.25, -0.2) is 18.7 Å². The first-order valence-electron chi connectivity index (χ1n) is 10.7. The van der Waals surface area contributed by atoms with Crippen LogP contribution in [0.25, 0.3) is 16.5 Å². The minimum atomic E-state index is -0.675. The number of nitrogens with one attached hydrogen (secondary N) is 1. The van der Waals surface area contributed by atoms with Crippen molar-refractivity contribution < 1.29 is 13.5 Å². The molecule has 0 spiro atoms. The van der Waals surface area contributed by atoms with Crippen LogP contribution in [-0.4, -0.2) is 14.5 Å². The molecule has 0 aliphatic carbocycles. The lowest BCUT2D eigenvalue weighted by Crippen LogP contribution is -2.21. The third kappa shape index (κ3) is 4.32. The van der Waals surface area contributed by atoms with E-state index in [1.807, 2.05) is 6.07 Å². The second-order valence-electron chi connectivity index (χ2n) is 7.91. The lowest BCUT2D eigenvalue weighted by Gasteiger charge is -2.15. The molecule has 5 aromatic rings. The Kier molecular flexibility index (Phi) is 5.99. The second-order valence-corrected chi connectivity index (χ2v) is 8.29. The van der Waals surface area contributed by atoms with Crippen LogP contribution >= 0.6 is 11.6 Å². The van der Waals surface area contributed by atoms with Crippen molar-refractivity contribution in [3.8, 4) is 17.2 Å². The molecule has 0 atom stereocenters. The van der Waals surface area contributed by atoms with Crippen LogP contribution in [0.5, 0.6) is 11.5 Å². The van der Waals surface area contributed by atoms with Crippen molar-refractivity contribution in [2.75, 3.05) is 11.1 Å². The summed E-state index contributed by atoms with van der Waals surface area (Å²) in [6.07, 6.45) is 2.95. The van der Waals surface area contributed by atoms with E-state index in [9.17, 15) is 13.6 Å². The minimum Gasteiger partial charge on any atom is -0.453 e. The summed E-state index contributed by atoms with van der Waals surface area (Å²) in [5, 5.41) is 4.04. The van der Waals surface area contributed by atoms with Gasteiger partial charge in [-0.05, 0) is 60.8 Å². The summed E-state index contributed by atoms with van der Waals surface area (Å²) in [6, 6.07) is 14.8. The molecule has 0 bridgehead atoms. The zero-order chi connectivity index (χ0) is 25.4. The number of aryl methyl sites for hydroxylation is 1. The molecule has 5 rings (SSSR count). The van der Waals surface area contributed by atoms with Gasteiger partial charge in [0.2, 0.25) is 0 Å². The zero-order valence-corrected chi connectivity index (χ0v) is 19.6. The van der Waals surface area contributed by atoms with Gasteiger partial charge >= 0.3 is 0 Å². The molecule has 10 heteroatoms. The number of halogens is 3. The molecule has 0 fully saturated rings. The van der Waals surface area contributed by atoms with Crippen LogP contribution in [0.1, 0.15) is 5.69 Å². The van der Waals surface area contributed by atoms with Crippen LogP contribution in [0, 0.1) is 18.6 Å². The Morgan fingerprint density at radius 2 is 1.72 bits per heavy atom. The van der Waals surface area contributed by atoms with Gasteiger partial charge in [0.25, 0.3) is 5.56 Å². The molecule has 36 heavy (non-hydrogen) atoms. The van der Waals surface area contributed by atoms with Crippen molar-refractivity contribution in [2.24, 2.45) is 0 Å². The van der Waals surface area contributed by atoms with E-state index in [2.05, 4.69) is 15.3 Å². The number of pyridine rings is 3. The van der Waals surface area contributed by atoms with Gasteiger partial charge in [-0.15, -0.1) is 0 Å². The number of fused-ring (bicyclic) bond motifs is 1. The summed E-state index contributed by atoms with van der Waals surface area (Å²) in [7, 11) is 0. The van der Waals surface area contributed by atoms with E-state index in [-0.39, 0.29) is 33.7 Å². The summed E-state index contributed by atoms with van der Waals surface area (Å²) in [5.74, 6) is -0.683. The average Bonchev–Trinajstić information content (AvgIpc) is 2.84. The Morgan fingerprint density at radius 3 is 2.47 bits per heavy atom. The van der Waals surface area contributed by atoms with E-state index in [0.29, 0.717) is 27.8 Å². The highest BCUT2D eigenvalue weighted by atomic mass is 35.5. The third-order valence-electron chi connectivity index (χ3n) is 5.50. The van der Waals surface area contributed by atoms with Crippen molar-refractivity contribution in [1.82, 2.24) is 14.5 Å². The van der Waals surface area contributed by atoms with Gasteiger partial charge in [-0.1, -0.05) is 11.6 Å². The van der Waals surface area contributed by atoms with E-state index in [1.54, 1.807) is 25.3 Å². The third-order valence-corrected chi connectivity index (χ3v) is 5.88. The van der Waals surface area contributed by atoms with E-state index in [4.69, 9.17) is 22.1 Å². The number of hydrogen-bond acceptors (Lipinski definition) is 6. The zero-order valence-electron chi connectivity index (χ0n) is 18.8. The molecular weight excluding hydrogens is 488 g/mol. The Labute approximate surface area is 208 Å². The number of rotatable bonds is 5. The summed E-state index contributed by atoms with van der Waals surface area (Å²) in [6.45, 7) is 1.79. The summed E-state index contributed by atoms with van der Waals surface area (Å²) >= 11 is 6.07. The van der Waals surface area contributed by atoms with Crippen LogP contribution in [0.4, 0.5) is 26.1 Å². The predicted molar refractivity (Wildman–Crippen MR) is 135 cm³/mol. The maximum absolute atomic E-state index is 14.9. The molecular formula is C26H18ClF2N5O2. The Balaban J connectivity index is 1.52. The maximum atomic E-state index is 14.9. The fraction of sp³-hybridized carbons (Fsp3) is 0.0385. The van der Waals surface area contributed by atoms with Crippen LogP contribution < -0.4 is 21.3 Å². The first-order chi connectivity index (χ1) is 17.3. The smallest absolute Gasteiger partial charge is 0.266 e. The van der Waals surface area contributed by atoms with E-state index >= 15 is 0 Å². The quantitative estimate of drug-likeness (QED) is 0.298. The van der Waals surface area contributed by atoms with E-state index < -0.39 is 11.6 Å². The number of nitrogens with zero attached hydrogens (tertiary/aromatic N) is 3. The van der Waals surface area contributed by atoms with Crippen LogP contribution in [-0.2, 0) is 0 Å². The molecule has 0 saturated heterocycles. The van der Waals surface area contributed by atoms with Crippen molar-refractivity contribution in [2.45, 2.75) is 6.92 Å². The summed E-state index contributed by atoms with van der Waals surface area (Å²) < 4.78 is 35.3. The normalized spacial score (nSPS) is 11.0. The number of anilines is 3. The molecule has 0 saturated carbocycles. The molecule has 0 aliphatic rings. The van der Waals surface area contributed by atoms with Gasteiger partial charge in [0.15, 0.2) is 17.3 Å². The van der Waals surface area contributed by atoms with Crippen molar-refractivity contribution in [3.05, 3.63) is 106 Å². The lowest BCUT2D eigenvalue weighted by atomic mass is 10.1. The van der Waals surface area contributed by atoms with Gasteiger partial charge in [-0.3, -0.25) is 9.36 Å². The Hall–Kier alpha value is -4.50. The number of ether oxygens (including phenoxy) is 1. The van der Waals surface area contributed by atoms with Gasteiger partial charge in [0.05, 0.1) is 5.39 Å². The van der Waals surface area contributed by atoms with Gasteiger partial charge < -0.3 is 15.8 Å². The molecule has 180 valence electrons. The molecule has 2 aromatic carbocycles. The van der Waals surface area contributed by atoms with E-state index in [0.717, 1.165) is 0 Å². The van der Waals surface area contributed by atoms with Gasteiger partial charge in [0, 0.05) is 41.6 Å². The van der Waals surface area contributed by atoms with Crippen LogP contribution in [0.2, 0.25) is 5.02 Å². The monoisotopic (exact) mass is 505 g/mol. The highest BCUT2D eigenvalue weighted by Gasteiger charge is 2.15. The van der Waals surface area contributed by atoms with Crippen molar-refractivity contribution in [3.63, 3.8) is 0 Å². The predicted octanol–water partition coefficient (Wildman–Crippen LogP) is 6.14. The maximum Gasteiger partial charge on any atom is 0.266 e. The van der Waals surface area contributed by atoms with Gasteiger partial charge in [0.1, 0.15) is 22.5 Å². The number of nitrogen functional groups attached to an aromatic ring is 1. The highest BCUT2D eigenvalue weighted by Crippen LogP contribution is 2.34. The average molecular weight is 506 g/mol. The van der Waals surface area contributed by atoms with Crippen LogP contribution in [0.15, 0.2) is 77.9 Å². The largest absolute Gasteiger partial charge is 0.453 e. The number of nitrogens with two attached hydrogens (primary N) is 1. The number of benzene rings is 2. The Bertz CT molecular complexity index is 1670. The van der Waals surface area contributed by atoms with Crippen molar-refractivity contribution >= 4 is 39.7 Å². The molecule has 0 aliphatic heterocycles.